The minimum atomic E-state index is -4.82. The smallest absolute Gasteiger partial charge is 0.459 e. The van der Waals surface area contributed by atoms with Gasteiger partial charge in [-0.3, -0.25) is 4.52 Å². The Kier molecular flexibility index (Phi) is 14.2. The van der Waals surface area contributed by atoms with Crippen molar-refractivity contribution in [1.82, 2.24) is 0 Å². The molecule has 0 aromatic rings. The van der Waals surface area contributed by atoms with Crippen LogP contribution in [0.3, 0.4) is 0 Å². The number of rotatable bonds is 16. The van der Waals surface area contributed by atoms with Crippen LogP contribution in [-0.2, 0) is 32.9 Å². The van der Waals surface area contributed by atoms with Crippen molar-refractivity contribution in [2.24, 2.45) is 0 Å². The Labute approximate surface area is 176 Å². The zero-order valence-corrected chi connectivity index (χ0v) is 18.8. The van der Waals surface area contributed by atoms with Crippen LogP contribution in [0.5, 0.6) is 0 Å². The zero-order chi connectivity index (χ0) is 23.3. The fraction of sp³-hybridized carbons (Fsp3) is 0.647. The molecule has 0 radical (unpaired) electrons. The molecule has 0 bridgehead atoms. The molecule has 1 atom stereocenters. The van der Waals surface area contributed by atoms with E-state index >= 15 is 0 Å². The molecule has 0 amide bonds. The van der Waals surface area contributed by atoms with E-state index in [1.165, 1.54) is 13.8 Å². The maximum atomic E-state index is 11.5. The molecular weight excluding hydrogens is 442 g/mol. The second kappa shape index (κ2) is 14.8. The third kappa shape index (κ3) is 14.8. The molecule has 0 saturated carbocycles. The summed E-state index contributed by atoms with van der Waals surface area (Å²) in [5.41, 5.74) is 0.431. The van der Waals surface area contributed by atoms with Crippen molar-refractivity contribution >= 4 is 28.1 Å². The van der Waals surface area contributed by atoms with Gasteiger partial charge in [0.15, 0.2) is 8.38 Å². The molecule has 1 unspecified atom stereocenters. The van der Waals surface area contributed by atoms with Crippen LogP contribution >= 0.6 is 16.2 Å². The first kappa shape index (κ1) is 28.8. The summed E-state index contributed by atoms with van der Waals surface area (Å²) in [6.07, 6.45) is 0.781. The average molecular weight is 472 g/mol. The molecule has 0 aliphatic rings. The van der Waals surface area contributed by atoms with Gasteiger partial charge < -0.3 is 33.8 Å². The number of unbranched alkanes of at least 4 members (excludes halogenated alkanes) is 2. The monoisotopic (exact) mass is 472 g/mol. The lowest BCUT2D eigenvalue weighted by atomic mass is 10.2. The molecule has 0 rings (SSSR count). The Hall–Kier alpha value is -1.16. The molecule has 11 nitrogen and oxygen atoms in total. The van der Waals surface area contributed by atoms with E-state index in [4.69, 9.17) is 33.8 Å². The summed E-state index contributed by atoms with van der Waals surface area (Å²) >= 11 is 0. The highest BCUT2D eigenvalue weighted by molar-refractivity contribution is 7.49. The van der Waals surface area contributed by atoms with E-state index < -0.39 is 40.1 Å². The zero-order valence-electron chi connectivity index (χ0n) is 17.1. The van der Waals surface area contributed by atoms with E-state index in [9.17, 15) is 14.2 Å². The number of hydrogen-bond acceptors (Lipinski definition) is 9. The second-order valence-electron chi connectivity index (χ2n) is 6.47. The number of phosphoric acid groups is 1. The molecule has 0 fully saturated rings. The highest BCUT2D eigenvalue weighted by Crippen LogP contribution is 2.47. The molecule has 4 N–H and O–H groups in total. The summed E-state index contributed by atoms with van der Waals surface area (Å²) < 4.78 is 30.8. The molecule has 0 heterocycles. The van der Waals surface area contributed by atoms with Crippen LogP contribution in [0.25, 0.3) is 0 Å². The topological polar surface area (TPSA) is 169 Å². The molecule has 13 heteroatoms. The van der Waals surface area contributed by atoms with Crippen LogP contribution in [-0.4, -0.2) is 63.3 Å². The van der Waals surface area contributed by atoms with Crippen molar-refractivity contribution in [3.8, 4) is 0 Å². The summed E-state index contributed by atoms with van der Waals surface area (Å²) in [6, 6.07) is 0. The maximum Gasteiger partial charge on any atom is 0.470 e. The third-order valence-electron chi connectivity index (χ3n) is 3.46. The summed E-state index contributed by atoms with van der Waals surface area (Å²) in [5, 5.41) is 0. The minimum Gasteiger partial charge on any atom is -0.459 e. The summed E-state index contributed by atoms with van der Waals surface area (Å²) in [6.45, 7) is 9.85. The first-order valence-electron chi connectivity index (χ1n) is 9.01. The fourth-order valence-electron chi connectivity index (χ4n) is 1.94. The van der Waals surface area contributed by atoms with E-state index in [1.807, 2.05) is 0 Å². The molecule has 174 valence electrons. The Balaban J connectivity index is 4.39. The van der Waals surface area contributed by atoms with E-state index in [2.05, 4.69) is 17.7 Å². The maximum absolute atomic E-state index is 11.5. The standard InChI is InChI=1S/C17H30O11P2/c1-12(2)16(18)26-10-14(11-27-17(19)13(3)4)25-9-7-5-6-8-15(29(20)21)28-30(22,23)24/h14-15,20-21H,1,3,5-11H2,2,4H3,(H2,22,23,24). The van der Waals surface area contributed by atoms with Gasteiger partial charge in [-0.15, -0.1) is 0 Å². The first-order chi connectivity index (χ1) is 13.8. The number of ether oxygens (including phenoxy) is 3. The lowest BCUT2D eigenvalue weighted by Gasteiger charge is -2.19. The number of carbonyl (C=O) groups is 2. The van der Waals surface area contributed by atoms with Crippen molar-refractivity contribution in [3.05, 3.63) is 24.3 Å². The number of phosphoric ester groups is 1. The summed E-state index contributed by atoms with van der Waals surface area (Å²) in [5.74, 6) is -2.55. The van der Waals surface area contributed by atoms with Gasteiger partial charge in [0.2, 0.25) is 0 Å². The van der Waals surface area contributed by atoms with Gasteiger partial charge in [-0.1, -0.05) is 26.0 Å². The Bertz CT molecular complexity index is 599. The molecule has 30 heavy (non-hydrogen) atoms. The van der Waals surface area contributed by atoms with Crippen LogP contribution in [0.2, 0.25) is 0 Å². The van der Waals surface area contributed by atoms with Gasteiger partial charge in [-0.2, -0.15) is 0 Å². The van der Waals surface area contributed by atoms with Crippen LogP contribution in [0.4, 0.5) is 0 Å². The predicted molar refractivity (Wildman–Crippen MR) is 108 cm³/mol. The van der Waals surface area contributed by atoms with Crippen molar-refractivity contribution in [3.63, 3.8) is 0 Å². The van der Waals surface area contributed by atoms with Gasteiger partial charge in [0.25, 0.3) is 0 Å². The van der Waals surface area contributed by atoms with Crippen LogP contribution in [0, 0.1) is 0 Å². The normalized spacial score (nSPS) is 12.7. The lowest BCUT2D eigenvalue weighted by molar-refractivity contribution is -0.150. The minimum absolute atomic E-state index is 0.0414. The Morgan fingerprint density at radius 1 is 0.967 bits per heavy atom. The van der Waals surface area contributed by atoms with Crippen molar-refractivity contribution in [2.45, 2.75) is 51.5 Å². The molecule has 0 aliphatic carbocycles. The first-order valence-corrected chi connectivity index (χ1v) is 11.9. The summed E-state index contributed by atoms with van der Waals surface area (Å²) in [4.78, 5) is 58.9. The van der Waals surface area contributed by atoms with Crippen LogP contribution < -0.4 is 0 Å². The predicted octanol–water partition coefficient (Wildman–Crippen LogP) is 1.90. The molecular formula is C17H30O11P2. The molecule has 0 aliphatic heterocycles. The highest BCUT2D eigenvalue weighted by Gasteiger charge is 2.27. The van der Waals surface area contributed by atoms with Gasteiger partial charge >= 0.3 is 19.8 Å². The molecule has 0 aromatic carbocycles. The van der Waals surface area contributed by atoms with Gasteiger partial charge in [0.1, 0.15) is 25.2 Å². The van der Waals surface area contributed by atoms with Gasteiger partial charge in [-0.25, -0.2) is 14.2 Å². The van der Waals surface area contributed by atoms with Crippen molar-refractivity contribution < 1.29 is 52.5 Å². The average Bonchev–Trinajstić information content (AvgIpc) is 2.62. The van der Waals surface area contributed by atoms with E-state index in [0.29, 0.717) is 19.3 Å². The quantitative estimate of drug-likeness (QED) is 0.112. The lowest BCUT2D eigenvalue weighted by Crippen LogP contribution is -2.29. The largest absolute Gasteiger partial charge is 0.470 e. The molecule has 0 saturated heterocycles. The van der Waals surface area contributed by atoms with Gasteiger partial charge in [-0.05, 0) is 26.7 Å². The number of carbonyl (C=O) groups excluding carboxylic acids is 2. The molecule has 0 aromatic heterocycles. The van der Waals surface area contributed by atoms with E-state index in [1.54, 1.807) is 0 Å². The van der Waals surface area contributed by atoms with Crippen molar-refractivity contribution in [1.29, 1.82) is 0 Å². The van der Waals surface area contributed by atoms with Gasteiger partial charge in [0, 0.05) is 17.8 Å². The van der Waals surface area contributed by atoms with E-state index in [-0.39, 0.29) is 37.4 Å². The van der Waals surface area contributed by atoms with E-state index in [0.717, 1.165) is 0 Å². The van der Waals surface area contributed by atoms with Gasteiger partial charge in [0.05, 0.1) is 0 Å². The Morgan fingerprint density at radius 2 is 1.47 bits per heavy atom. The third-order valence-corrected chi connectivity index (χ3v) is 5.04. The van der Waals surface area contributed by atoms with Crippen molar-refractivity contribution in [2.75, 3.05) is 19.8 Å². The number of hydrogen-bond donors (Lipinski definition) is 4. The second-order valence-corrected chi connectivity index (χ2v) is 8.88. The number of esters is 2. The van der Waals surface area contributed by atoms with Crippen LogP contribution in [0.1, 0.15) is 39.5 Å². The molecule has 0 spiro atoms. The SMILES string of the molecule is C=C(C)C(=O)OCC(COC(=O)C(=C)C)OCCCCCC(OP(=O)(O)O)P(O)O. The Morgan fingerprint density at radius 3 is 1.87 bits per heavy atom. The highest BCUT2D eigenvalue weighted by atomic mass is 31.2. The van der Waals surface area contributed by atoms with Crippen LogP contribution in [0.15, 0.2) is 24.3 Å². The summed E-state index contributed by atoms with van der Waals surface area (Å²) in [7, 11) is -7.47. The fourth-order valence-corrected chi connectivity index (χ4v) is 3.49.